The summed E-state index contributed by atoms with van der Waals surface area (Å²) in [4.78, 5) is 27.7. The van der Waals surface area contributed by atoms with Crippen molar-refractivity contribution >= 4 is 40.3 Å². The molecule has 28 heavy (non-hydrogen) atoms. The number of amides is 1. The third kappa shape index (κ3) is 2.89. The maximum absolute atomic E-state index is 13.0. The average molecular weight is 416 g/mol. The molecule has 1 N–H and O–H groups in total. The van der Waals surface area contributed by atoms with Crippen molar-refractivity contribution in [1.29, 1.82) is 0 Å². The van der Waals surface area contributed by atoms with Gasteiger partial charge in [0.2, 0.25) is 5.78 Å². The van der Waals surface area contributed by atoms with Gasteiger partial charge in [-0.1, -0.05) is 17.7 Å². The lowest BCUT2D eigenvalue weighted by molar-refractivity contribution is -0.117. The Kier molecular flexibility index (Phi) is 4.70. The van der Waals surface area contributed by atoms with Crippen molar-refractivity contribution in [2.75, 3.05) is 12.0 Å². The minimum absolute atomic E-state index is 0.0330. The van der Waals surface area contributed by atoms with Crippen LogP contribution in [0.3, 0.4) is 0 Å². The first-order valence-electron chi connectivity index (χ1n) is 8.24. The molecule has 1 aliphatic rings. The number of methoxy groups -OCH3 is 1. The molecule has 6 nitrogen and oxygen atoms in total. The number of hydrogen-bond donors (Lipinski definition) is 1. The van der Waals surface area contributed by atoms with Gasteiger partial charge < -0.3 is 14.3 Å². The number of ketones is 1. The molecule has 8 heteroatoms. The SMILES string of the molecule is COc1ccc(N2C(=O)C(O)=C(C(=O)c3cccs3)C2c2ccco2)cc1Cl. The van der Waals surface area contributed by atoms with Crippen molar-refractivity contribution < 1.29 is 23.8 Å². The first kappa shape index (κ1) is 18.3. The van der Waals surface area contributed by atoms with Crippen LogP contribution in [0.5, 0.6) is 5.75 Å². The van der Waals surface area contributed by atoms with Gasteiger partial charge in [0, 0.05) is 5.69 Å². The van der Waals surface area contributed by atoms with Crippen LogP contribution in [-0.2, 0) is 4.79 Å². The number of rotatable bonds is 5. The second kappa shape index (κ2) is 7.18. The lowest BCUT2D eigenvalue weighted by Crippen LogP contribution is -2.30. The zero-order chi connectivity index (χ0) is 19.8. The van der Waals surface area contributed by atoms with Crippen LogP contribution >= 0.6 is 22.9 Å². The molecule has 0 bridgehead atoms. The zero-order valence-electron chi connectivity index (χ0n) is 14.6. The van der Waals surface area contributed by atoms with Gasteiger partial charge in [0.1, 0.15) is 17.6 Å². The molecule has 0 saturated carbocycles. The predicted octanol–water partition coefficient (Wildman–Crippen LogP) is 4.79. The Balaban J connectivity index is 1.85. The molecule has 0 fully saturated rings. The highest BCUT2D eigenvalue weighted by atomic mass is 35.5. The molecule has 142 valence electrons. The number of anilines is 1. The standard InChI is InChI=1S/C20H14ClNO5S/c1-26-13-7-6-11(10-12(13)21)22-17(14-4-2-8-27-14)16(19(24)20(22)25)18(23)15-5-3-9-28-15/h2-10,17,24H,1H3. The van der Waals surface area contributed by atoms with E-state index >= 15 is 0 Å². The molecule has 1 aromatic carbocycles. The molecule has 1 atom stereocenters. The molecule has 4 rings (SSSR count). The Morgan fingerprint density at radius 1 is 1.29 bits per heavy atom. The van der Waals surface area contributed by atoms with Crippen molar-refractivity contribution in [2.24, 2.45) is 0 Å². The molecule has 1 unspecified atom stereocenters. The second-order valence-electron chi connectivity index (χ2n) is 5.98. The number of hydrogen-bond acceptors (Lipinski definition) is 6. The van der Waals surface area contributed by atoms with Crippen LogP contribution in [0.2, 0.25) is 5.02 Å². The molecule has 0 spiro atoms. The highest BCUT2D eigenvalue weighted by Gasteiger charge is 2.46. The largest absolute Gasteiger partial charge is 0.503 e. The number of carbonyl (C=O) groups excluding carboxylic acids is 2. The predicted molar refractivity (Wildman–Crippen MR) is 105 cm³/mol. The van der Waals surface area contributed by atoms with Gasteiger partial charge in [-0.05, 0) is 41.8 Å². The number of nitrogens with zero attached hydrogens (tertiary/aromatic N) is 1. The van der Waals surface area contributed by atoms with Crippen LogP contribution in [0, 0.1) is 0 Å². The molecule has 0 saturated heterocycles. The van der Waals surface area contributed by atoms with Crippen molar-refractivity contribution in [1.82, 2.24) is 0 Å². The highest BCUT2D eigenvalue weighted by molar-refractivity contribution is 7.12. The third-order valence-corrected chi connectivity index (χ3v) is 5.59. The summed E-state index contributed by atoms with van der Waals surface area (Å²) in [5.41, 5.74) is 0.368. The van der Waals surface area contributed by atoms with E-state index in [9.17, 15) is 14.7 Å². The summed E-state index contributed by atoms with van der Waals surface area (Å²) in [6, 6.07) is 10.5. The molecule has 0 aliphatic carbocycles. The number of halogens is 1. The van der Waals surface area contributed by atoms with Crippen molar-refractivity contribution in [3.05, 3.63) is 81.1 Å². The number of ether oxygens (including phenoxy) is 1. The van der Waals surface area contributed by atoms with Gasteiger partial charge in [0.05, 0.1) is 28.8 Å². The Labute approximate surface area is 169 Å². The van der Waals surface area contributed by atoms with Crippen molar-refractivity contribution in [2.45, 2.75) is 6.04 Å². The number of aliphatic hydroxyl groups is 1. The van der Waals surface area contributed by atoms with Gasteiger partial charge in [0.25, 0.3) is 5.91 Å². The first-order chi connectivity index (χ1) is 13.5. The van der Waals surface area contributed by atoms with Gasteiger partial charge in [-0.3, -0.25) is 14.5 Å². The topological polar surface area (TPSA) is 80.0 Å². The highest BCUT2D eigenvalue weighted by Crippen LogP contribution is 2.43. The van der Waals surface area contributed by atoms with Crippen LogP contribution in [0.25, 0.3) is 0 Å². The Morgan fingerprint density at radius 3 is 2.71 bits per heavy atom. The van der Waals surface area contributed by atoms with Gasteiger partial charge in [-0.2, -0.15) is 0 Å². The number of Topliss-reactive ketones (excluding diaryl/α,β-unsaturated/α-hetero) is 1. The van der Waals surface area contributed by atoms with E-state index in [0.717, 1.165) is 0 Å². The van der Waals surface area contributed by atoms with Gasteiger partial charge >= 0.3 is 0 Å². The van der Waals surface area contributed by atoms with Crippen molar-refractivity contribution in [3.8, 4) is 5.75 Å². The average Bonchev–Trinajstić information content (AvgIpc) is 3.43. The first-order valence-corrected chi connectivity index (χ1v) is 9.50. The van der Waals surface area contributed by atoms with Crippen LogP contribution in [0.1, 0.15) is 21.5 Å². The van der Waals surface area contributed by atoms with E-state index in [1.54, 1.807) is 47.8 Å². The second-order valence-corrected chi connectivity index (χ2v) is 7.34. The van der Waals surface area contributed by atoms with E-state index in [1.165, 1.54) is 29.6 Å². The number of aliphatic hydroxyl groups excluding tert-OH is 1. The molecule has 1 amide bonds. The fraction of sp³-hybridized carbons (Fsp3) is 0.100. The van der Waals surface area contributed by atoms with Gasteiger partial charge in [0.15, 0.2) is 5.76 Å². The Hall–Kier alpha value is -3.03. The van der Waals surface area contributed by atoms with E-state index in [2.05, 4.69) is 0 Å². The number of thiophene rings is 1. The fourth-order valence-corrected chi connectivity index (χ4v) is 4.09. The lowest BCUT2D eigenvalue weighted by atomic mass is 10.00. The summed E-state index contributed by atoms with van der Waals surface area (Å²) < 4.78 is 10.6. The van der Waals surface area contributed by atoms with Crippen LogP contribution in [0.15, 0.2) is 69.9 Å². The van der Waals surface area contributed by atoms with Crippen LogP contribution < -0.4 is 9.64 Å². The number of carbonyl (C=O) groups is 2. The number of furan rings is 1. The van der Waals surface area contributed by atoms with Gasteiger partial charge in [-0.15, -0.1) is 11.3 Å². The maximum Gasteiger partial charge on any atom is 0.294 e. The fourth-order valence-electron chi connectivity index (χ4n) is 3.17. The molecule has 3 heterocycles. The summed E-state index contributed by atoms with van der Waals surface area (Å²) >= 11 is 7.45. The monoisotopic (exact) mass is 415 g/mol. The van der Waals surface area contributed by atoms with E-state index in [4.69, 9.17) is 20.8 Å². The molecule has 3 aromatic rings. The minimum atomic E-state index is -0.915. The van der Waals surface area contributed by atoms with Crippen LogP contribution in [0.4, 0.5) is 5.69 Å². The normalized spacial score (nSPS) is 16.7. The minimum Gasteiger partial charge on any atom is -0.503 e. The smallest absolute Gasteiger partial charge is 0.294 e. The molecule has 2 aromatic heterocycles. The summed E-state index contributed by atoms with van der Waals surface area (Å²) in [5.74, 6) is -0.943. The molecular weight excluding hydrogens is 402 g/mol. The lowest BCUT2D eigenvalue weighted by Gasteiger charge is -2.25. The quantitative estimate of drug-likeness (QED) is 0.606. The molecular formula is C20H14ClNO5S. The van der Waals surface area contributed by atoms with E-state index in [1.807, 2.05) is 0 Å². The third-order valence-electron chi connectivity index (χ3n) is 4.42. The summed E-state index contributed by atoms with van der Waals surface area (Å²) in [5, 5.41) is 12.6. The van der Waals surface area contributed by atoms with Crippen LogP contribution in [-0.4, -0.2) is 23.9 Å². The zero-order valence-corrected chi connectivity index (χ0v) is 16.2. The van der Waals surface area contributed by atoms with Crippen molar-refractivity contribution in [3.63, 3.8) is 0 Å². The Morgan fingerprint density at radius 2 is 2.11 bits per heavy atom. The number of benzene rings is 1. The summed E-state index contributed by atoms with van der Waals surface area (Å²) in [7, 11) is 1.48. The summed E-state index contributed by atoms with van der Waals surface area (Å²) in [6.07, 6.45) is 1.45. The van der Waals surface area contributed by atoms with Gasteiger partial charge in [-0.25, -0.2) is 0 Å². The molecule has 0 radical (unpaired) electrons. The van der Waals surface area contributed by atoms with E-state index in [0.29, 0.717) is 27.1 Å². The van der Waals surface area contributed by atoms with E-state index in [-0.39, 0.29) is 5.57 Å². The molecule has 1 aliphatic heterocycles. The van der Waals surface area contributed by atoms with E-state index < -0.39 is 23.5 Å². The maximum atomic E-state index is 13.0. The summed E-state index contributed by atoms with van der Waals surface area (Å²) in [6.45, 7) is 0. The Bertz CT molecular complexity index is 1070.